The SMILES string of the molecule is COc1ccc(C(C)C(=O)O)cc1OC1CCSC1. The maximum absolute atomic E-state index is 11.0. The van der Waals surface area contributed by atoms with Crippen molar-refractivity contribution in [2.45, 2.75) is 25.4 Å². The van der Waals surface area contributed by atoms with E-state index in [0.29, 0.717) is 11.5 Å². The van der Waals surface area contributed by atoms with Gasteiger partial charge in [-0.05, 0) is 36.8 Å². The lowest BCUT2D eigenvalue weighted by Gasteiger charge is -2.17. The van der Waals surface area contributed by atoms with Gasteiger partial charge in [0.15, 0.2) is 11.5 Å². The summed E-state index contributed by atoms with van der Waals surface area (Å²) in [6.45, 7) is 1.67. The predicted molar refractivity (Wildman–Crippen MR) is 75.4 cm³/mol. The van der Waals surface area contributed by atoms with Gasteiger partial charge in [0.1, 0.15) is 6.10 Å². The van der Waals surface area contributed by atoms with E-state index in [1.165, 1.54) is 0 Å². The Morgan fingerprint density at radius 2 is 2.26 bits per heavy atom. The van der Waals surface area contributed by atoms with Crippen molar-refractivity contribution in [2.75, 3.05) is 18.6 Å². The van der Waals surface area contributed by atoms with Crippen molar-refractivity contribution < 1.29 is 19.4 Å². The van der Waals surface area contributed by atoms with Gasteiger partial charge in [-0.2, -0.15) is 11.8 Å². The van der Waals surface area contributed by atoms with Crippen molar-refractivity contribution >= 4 is 17.7 Å². The molecule has 1 fully saturated rings. The fourth-order valence-electron chi connectivity index (χ4n) is 1.98. The maximum Gasteiger partial charge on any atom is 0.310 e. The van der Waals surface area contributed by atoms with Gasteiger partial charge in [-0.1, -0.05) is 6.07 Å². The van der Waals surface area contributed by atoms with E-state index in [4.69, 9.17) is 14.6 Å². The number of carboxylic acids is 1. The van der Waals surface area contributed by atoms with Crippen LogP contribution in [0.15, 0.2) is 18.2 Å². The van der Waals surface area contributed by atoms with E-state index in [-0.39, 0.29) is 6.10 Å². The average molecular weight is 282 g/mol. The molecule has 5 heteroatoms. The van der Waals surface area contributed by atoms with Crippen LogP contribution in [0.25, 0.3) is 0 Å². The third kappa shape index (κ3) is 3.35. The van der Waals surface area contributed by atoms with Gasteiger partial charge in [-0.15, -0.1) is 0 Å². The van der Waals surface area contributed by atoms with Crippen molar-refractivity contribution in [3.05, 3.63) is 23.8 Å². The Hall–Kier alpha value is -1.36. The molecule has 1 heterocycles. The summed E-state index contributed by atoms with van der Waals surface area (Å²) in [5.74, 6) is 1.98. The summed E-state index contributed by atoms with van der Waals surface area (Å²) in [7, 11) is 1.59. The molecule has 2 unspecified atom stereocenters. The number of aliphatic carboxylic acids is 1. The lowest BCUT2D eigenvalue weighted by atomic mass is 10.0. The molecule has 0 radical (unpaired) electrons. The maximum atomic E-state index is 11.0. The molecule has 0 bridgehead atoms. The molecule has 2 atom stereocenters. The zero-order valence-corrected chi connectivity index (χ0v) is 11.9. The first-order chi connectivity index (χ1) is 9.11. The van der Waals surface area contributed by atoms with Crippen molar-refractivity contribution in [3.63, 3.8) is 0 Å². The van der Waals surface area contributed by atoms with Gasteiger partial charge in [-0.3, -0.25) is 4.79 Å². The second kappa shape index (κ2) is 6.19. The Kier molecular flexibility index (Phi) is 4.58. The van der Waals surface area contributed by atoms with Gasteiger partial charge in [0.25, 0.3) is 0 Å². The molecular weight excluding hydrogens is 264 g/mol. The topological polar surface area (TPSA) is 55.8 Å². The molecule has 1 saturated heterocycles. The monoisotopic (exact) mass is 282 g/mol. The van der Waals surface area contributed by atoms with Crippen LogP contribution in [-0.2, 0) is 4.79 Å². The minimum absolute atomic E-state index is 0.189. The third-order valence-electron chi connectivity index (χ3n) is 3.24. The Balaban J connectivity index is 2.22. The molecule has 0 amide bonds. The number of benzene rings is 1. The summed E-state index contributed by atoms with van der Waals surface area (Å²) < 4.78 is 11.2. The minimum Gasteiger partial charge on any atom is -0.493 e. The molecule has 104 valence electrons. The molecule has 2 rings (SSSR count). The van der Waals surface area contributed by atoms with Crippen LogP contribution in [-0.4, -0.2) is 35.8 Å². The first kappa shape index (κ1) is 14.1. The summed E-state index contributed by atoms with van der Waals surface area (Å²) in [6, 6.07) is 5.32. The first-order valence-electron chi connectivity index (χ1n) is 6.27. The van der Waals surface area contributed by atoms with E-state index in [1.54, 1.807) is 32.2 Å². The van der Waals surface area contributed by atoms with Gasteiger partial charge in [0.05, 0.1) is 13.0 Å². The number of hydrogen-bond acceptors (Lipinski definition) is 4. The largest absolute Gasteiger partial charge is 0.493 e. The molecular formula is C14H18O4S. The number of methoxy groups -OCH3 is 1. The molecule has 0 aliphatic carbocycles. The number of hydrogen-bond donors (Lipinski definition) is 1. The molecule has 0 spiro atoms. The number of ether oxygens (including phenoxy) is 2. The Labute approximate surface area is 117 Å². The highest BCUT2D eigenvalue weighted by Gasteiger charge is 2.21. The molecule has 19 heavy (non-hydrogen) atoms. The zero-order chi connectivity index (χ0) is 13.8. The smallest absolute Gasteiger partial charge is 0.310 e. The van der Waals surface area contributed by atoms with Crippen LogP contribution >= 0.6 is 11.8 Å². The van der Waals surface area contributed by atoms with E-state index in [1.807, 2.05) is 11.8 Å². The number of rotatable bonds is 5. The van der Waals surface area contributed by atoms with Crippen molar-refractivity contribution in [1.82, 2.24) is 0 Å². The van der Waals surface area contributed by atoms with Crippen LogP contribution in [0, 0.1) is 0 Å². The molecule has 1 aliphatic heterocycles. The molecule has 0 saturated carbocycles. The van der Waals surface area contributed by atoms with E-state index >= 15 is 0 Å². The summed E-state index contributed by atoms with van der Waals surface area (Å²) in [6.07, 6.45) is 1.21. The second-order valence-corrected chi connectivity index (χ2v) is 5.72. The van der Waals surface area contributed by atoms with Crippen molar-refractivity contribution in [1.29, 1.82) is 0 Å². The highest BCUT2D eigenvalue weighted by Crippen LogP contribution is 2.33. The molecule has 1 N–H and O–H groups in total. The van der Waals surface area contributed by atoms with Gasteiger partial charge in [0.2, 0.25) is 0 Å². The zero-order valence-electron chi connectivity index (χ0n) is 11.1. The quantitative estimate of drug-likeness (QED) is 0.900. The summed E-state index contributed by atoms with van der Waals surface area (Å²) in [5.41, 5.74) is 0.731. The second-order valence-electron chi connectivity index (χ2n) is 4.57. The van der Waals surface area contributed by atoms with E-state index in [0.717, 1.165) is 23.5 Å². The van der Waals surface area contributed by atoms with Crippen LogP contribution in [0.3, 0.4) is 0 Å². The predicted octanol–water partition coefficient (Wildman–Crippen LogP) is 2.77. The first-order valence-corrected chi connectivity index (χ1v) is 7.42. The molecule has 1 aromatic rings. The van der Waals surface area contributed by atoms with Crippen LogP contribution in [0.2, 0.25) is 0 Å². The molecule has 0 aromatic heterocycles. The van der Waals surface area contributed by atoms with Gasteiger partial charge < -0.3 is 14.6 Å². The minimum atomic E-state index is -0.840. The van der Waals surface area contributed by atoms with E-state index in [2.05, 4.69) is 0 Å². The summed E-state index contributed by atoms with van der Waals surface area (Å²) >= 11 is 1.87. The average Bonchev–Trinajstić information content (AvgIpc) is 2.90. The van der Waals surface area contributed by atoms with Crippen LogP contribution in [0.5, 0.6) is 11.5 Å². The molecule has 1 aliphatic rings. The summed E-state index contributed by atoms with van der Waals surface area (Å²) in [4.78, 5) is 11.0. The molecule has 1 aromatic carbocycles. The molecule has 4 nitrogen and oxygen atoms in total. The lowest BCUT2D eigenvalue weighted by molar-refractivity contribution is -0.138. The highest BCUT2D eigenvalue weighted by molar-refractivity contribution is 7.99. The highest BCUT2D eigenvalue weighted by atomic mass is 32.2. The van der Waals surface area contributed by atoms with Gasteiger partial charge in [0, 0.05) is 5.75 Å². The van der Waals surface area contributed by atoms with E-state index < -0.39 is 11.9 Å². The van der Waals surface area contributed by atoms with Gasteiger partial charge in [-0.25, -0.2) is 0 Å². The van der Waals surface area contributed by atoms with Crippen molar-refractivity contribution in [2.24, 2.45) is 0 Å². The van der Waals surface area contributed by atoms with E-state index in [9.17, 15) is 4.79 Å². The van der Waals surface area contributed by atoms with Crippen molar-refractivity contribution in [3.8, 4) is 11.5 Å². The Morgan fingerprint density at radius 1 is 1.47 bits per heavy atom. The van der Waals surface area contributed by atoms with Crippen LogP contribution in [0.4, 0.5) is 0 Å². The standard InChI is InChI=1S/C14H18O4S/c1-9(14(15)16)10-3-4-12(17-2)13(7-10)18-11-5-6-19-8-11/h3-4,7,9,11H,5-6,8H2,1-2H3,(H,15,16). The normalized spacial score (nSPS) is 20.0. The van der Waals surface area contributed by atoms with Gasteiger partial charge >= 0.3 is 5.97 Å². The fourth-order valence-corrected chi connectivity index (χ4v) is 3.08. The van der Waals surface area contributed by atoms with Crippen LogP contribution in [0.1, 0.15) is 24.8 Å². The third-order valence-corrected chi connectivity index (χ3v) is 4.37. The number of carboxylic acid groups (broad SMARTS) is 1. The lowest BCUT2D eigenvalue weighted by Crippen LogP contribution is -2.16. The fraction of sp³-hybridized carbons (Fsp3) is 0.500. The summed E-state index contributed by atoms with van der Waals surface area (Å²) in [5, 5.41) is 9.06. The number of thioether (sulfide) groups is 1. The van der Waals surface area contributed by atoms with Crippen LogP contribution < -0.4 is 9.47 Å². The Bertz CT molecular complexity index is 455. The number of carbonyl (C=O) groups is 1. The Morgan fingerprint density at radius 3 is 2.84 bits per heavy atom.